The Morgan fingerprint density at radius 2 is 2.14 bits per heavy atom. The maximum absolute atomic E-state index is 12.2. The van der Waals surface area contributed by atoms with Gasteiger partial charge in [0.1, 0.15) is 12.2 Å². The topological polar surface area (TPSA) is 67.8 Å². The van der Waals surface area contributed by atoms with Gasteiger partial charge in [-0.15, -0.1) is 11.3 Å². The largest absolute Gasteiger partial charge is 0.485 e. The van der Waals surface area contributed by atoms with E-state index in [1.807, 2.05) is 29.6 Å². The number of fused-ring (bicyclic) bond motifs is 1. The summed E-state index contributed by atoms with van der Waals surface area (Å²) in [5.41, 5.74) is -1.10. The third-order valence-corrected chi connectivity index (χ3v) is 4.58. The molecule has 1 aromatic heterocycles. The molecule has 0 saturated heterocycles. The van der Waals surface area contributed by atoms with Gasteiger partial charge in [-0.25, -0.2) is 0 Å². The number of benzene rings is 1. The van der Waals surface area contributed by atoms with Crippen molar-refractivity contribution in [2.75, 3.05) is 13.2 Å². The van der Waals surface area contributed by atoms with Crippen LogP contribution in [0, 0.1) is 0 Å². The van der Waals surface area contributed by atoms with Crippen LogP contribution in [0.25, 0.3) is 0 Å². The van der Waals surface area contributed by atoms with Gasteiger partial charge in [0.2, 0.25) is 6.10 Å². The molecule has 1 aromatic carbocycles. The average Bonchev–Trinajstić information content (AvgIpc) is 3.07. The number of para-hydroxylation sites is 2. The van der Waals surface area contributed by atoms with Crippen LogP contribution >= 0.6 is 11.3 Å². The summed E-state index contributed by atoms with van der Waals surface area (Å²) in [7, 11) is 0. The summed E-state index contributed by atoms with van der Waals surface area (Å²) in [5.74, 6) is 0.891. The number of nitrogens with one attached hydrogen (secondary N) is 1. The van der Waals surface area contributed by atoms with Crippen molar-refractivity contribution in [3.8, 4) is 11.5 Å². The van der Waals surface area contributed by atoms with Crippen LogP contribution < -0.4 is 14.8 Å². The summed E-state index contributed by atoms with van der Waals surface area (Å²) in [4.78, 5) is 13.0. The second kappa shape index (κ2) is 5.98. The van der Waals surface area contributed by atoms with E-state index in [2.05, 4.69) is 5.32 Å². The van der Waals surface area contributed by atoms with Crippen molar-refractivity contribution in [2.24, 2.45) is 0 Å². The van der Waals surface area contributed by atoms with Crippen molar-refractivity contribution in [2.45, 2.75) is 18.6 Å². The maximum atomic E-state index is 12.2. The lowest BCUT2D eigenvalue weighted by Crippen LogP contribution is -2.47. The summed E-state index contributed by atoms with van der Waals surface area (Å²) < 4.78 is 11.1. The number of aliphatic hydroxyl groups is 1. The lowest BCUT2D eigenvalue weighted by molar-refractivity contribution is -0.131. The molecule has 116 valence electrons. The molecule has 0 spiro atoms. The Morgan fingerprint density at radius 3 is 2.86 bits per heavy atom. The highest BCUT2D eigenvalue weighted by Gasteiger charge is 2.30. The van der Waals surface area contributed by atoms with Gasteiger partial charge < -0.3 is 19.9 Å². The number of hydrogen-bond donors (Lipinski definition) is 2. The quantitative estimate of drug-likeness (QED) is 0.903. The first-order chi connectivity index (χ1) is 10.6. The Morgan fingerprint density at radius 1 is 1.36 bits per heavy atom. The highest BCUT2D eigenvalue weighted by molar-refractivity contribution is 7.10. The number of hydrogen-bond acceptors (Lipinski definition) is 5. The number of ether oxygens (including phenoxy) is 2. The standard InChI is InChI=1S/C16H17NO4S/c1-16(19,14-7-4-8-22-14)10-17-15(18)13-9-20-11-5-2-3-6-12(11)21-13/h2-8,13,19H,9-10H2,1H3,(H,17,18). The molecule has 2 unspecified atom stereocenters. The summed E-state index contributed by atoms with van der Waals surface area (Å²) in [6.45, 7) is 1.95. The van der Waals surface area contributed by atoms with Crippen LogP contribution in [0.4, 0.5) is 0 Å². The molecule has 5 nitrogen and oxygen atoms in total. The van der Waals surface area contributed by atoms with Crippen LogP contribution in [0.5, 0.6) is 11.5 Å². The van der Waals surface area contributed by atoms with Crippen molar-refractivity contribution in [1.29, 1.82) is 0 Å². The Kier molecular flexibility index (Phi) is 4.04. The molecule has 22 heavy (non-hydrogen) atoms. The molecule has 0 bridgehead atoms. The van der Waals surface area contributed by atoms with E-state index < -0.39 is 11.7 Å². The van der Waals surface area contributed by atoms with Crippen molar-refractivity contribution in [1.82, 2.24) is 5.32 Å². The average molecular weight is 319 g/mol. The monoisotopic (exact) mass is 319 g/mol. The van der Waals surface area contributed by atoms with Crippen LogP contribution in [0.3, 0.4) is 0 Å². The molecule has 0 fully saturated rings. The first kappa shape index (κ1) is 14.9. The van der Waals surface area contributed by atoms with Gasteiger partial charge in [-0.1, -0.05) is 18.2 Å². The molecule has 1 amide bonds. The lowest BCUT2D eigenvalue weighted by Gasteiger charge is -2.27. The van der Waals surface area contributed by atoms with E-state index in [-0.39, 0.29) is 19.1 Å². The third-order valence-electron chi connectivity index (χ3n) is 3.46. The van der Waals surface area contributed by atoms with Crippen molar-refractivity contribution >= 4 is 17.2 Å². The molecule has 1 aliphatic rings. The normalized spacial score (nSPS) is 19.3. The Bertz CT molecular complexity index is 654. The summed E-state index contributed by atoms with van der Waals surface area (Å²) in [6, 6.07) is 10.9. The molecule has 2 atom stereocenters. The zero-order valence-corrected chi connectivity index (χ0v) is 12.9. The van der Waals surface area contributed by atoms with E-state index in [0.29, 0.717) is 11.5 Å². The Hall–Kier alpha value is -2.05. The zero-order valence-electron chi connectivity index (χ0n) is 12.1. The van der Waals surface area contributed by atoms with Crippen molar-refractivity contribution < 1.29 is 19.4 Å². The first-order valence-corrected chi connectivity index (χ1v) is 7.87. The summed E-state index contributed by atoms with van der Waals surface area (Å²) >= 11 is 1.45. The number of thiophene rings is 1. The number of amides is 1. The van der Waals surface area contributed by atoms with Gasteiger partial charge >= 0.3 is 0 Å². The third kappa shape index (κ3) is 3.08. The smallest absolute Gasteiger partial charge is 0.264 e. The molecule has 2 aromatic rings. The molecular weight excluding hydrogens is 302 g/mol. The maximum Gasteiger partial charge on any atom is 0.264 e. The van der Waals surface area contributed by atoms with Gasteiger partial charge in [0.05, 0.1) is 6.54 Å². The Balaban J connectivity index is 1.59. The molecule has 0 saturated carbocycles. The van der Waals surface area contributed by atoms with Gasteiger partial charge in [0.15, 0.2) is 11.5 Å². The molecule has 2 heterocycles. The zero-order chi connectivity index (χ0) is 15.6. The van der Waals surface area contributed by atoms with Crippen LogP contribution in [0.2, 0.25) is 0 Å². The van der Waals surface area contributed by atoms with Crippen LogP contribution in [-0.4, -0.2) is 30.3 Å². The minimum Gasteiger partial charge on any atom is -0.485 e. The van der Waals surface area contributed by atoms with Crippen molar-refractivity contribution in [3.63, 3.8) is 0 Å². The van der Waals surface area contributed by atoms with E-state index >= 15 is 0 Å². The second-order valence-corrected chi connectivity index (χ2v) is 6.28. The number of rotatable bonds is 4. The predicted octanol–water partition coefficient (Wildman–Crippen LogP) is 1.91. The van der Waals surface area contributed by atoms with Crippen LogP contribution in [0.1, 0.15) is 11.8 Å². The molecule has 0 radical (unpaired) electrons. The van der Waals surface area contributed by atoms with E-state index in [0.717, 1.165) is 4.88 Å². The summed E-state index contributed by atoms with van der Waals surface area (Å²) in [5, 5.41) is 15.0. The fourth-order valence-electron chi connectivity index (χ4n) is 2.19. The molecule has 0 aliphatic carbocycles. The van der Waals surface area contributed by atoms with Crippen LogP contribution in [0.15, 0.2) is 41.8 Å². The highest BCUT2D eigenvalue weighted by Crippen LogP contribution is 2.31. The molecule has 3 rings (SSSR count). The van der Waals surface area contributed by atoms with Gasteiger partial charge in [-0.3, -0.25) is 4.79 Å². The van der Waals surface area contributed by atoms with Gasteiger partial charge in [-0.05, 0) is 30.5 Å². The number of carbonyl (C=O) groups excluding carboxylic acids is 1. The second-order valence-electron chi connectivity index (χ2n) is 5.33. The minimum absolute atomic E-state index is 0.119. The SMILES string of the molecule is CC(O)(CNC(=O)C1COc2ccccc2O1)c1cccs1. The van der Waals surface area contributed by atoms with Crippen LogP contribution in [-0.2, 0) is 10.4 Å². The molecular formula is C16H17NO4S. The lowest BCUT2D eigenvalue weighted by atomic mass is 10.1. The number of carbonyl (C=O) groups is 1. The van der Waals surface area contributed by atoms with E-state index in [9.17, 15) is 9.90 Å². The molecule has 1 aliphatic heterocycles. The Labute approximate surface area is 132 Å². The predicted molar refractivity (Wildman–Crippen MR) is 83.3 cm³/mol. The van der Waals surface area contributed by atoms with Gasteiger partial charge in [0.25, 0.3) is 5.91 Å². The highest BCUT2D eigenvalue weighted by atomic mass is 32.1. The van der Waals surface area contributed by atoms with Gasteiger partial charge in [-0.2, -0.15) is 0 Å². The fraction of sp³-hybridized carbons (Fsp3) is 0.312. The van der Waals surface area contributed by atoms with E-state index in [1.165, 1.54) is 11.3 Å². The summed E-state index contributed by atoms with van der Waals surface area (Å²) in [6.07, 6.45) is -0.714. The molecule has 2 N–H and O–H groups in total. The van der Waals surface area contributed by atoms with Gasteiger partial charge in [0, 0.05) is 4.88 Å². The van der Waals surface area contributed by atoms with Crippen molar-refractivity contribution in [3.05, 3.63) is 46.7 Å². The first-order valence-electron chi connectivity index (χ1n) is 6.99. The molecule has 6 heteroatoms. The van der Waals surface area contributed by atoms with E-state index in [1.54, 1.807) is 19.1 Å². The minimum atomic E-state index is -1.10. The fourth-order valence-corrected chi connectivity index (χ4v) is 2.98. The van der Waals surface area contributed by atoms with E-state index in [4.69, 9.17) is 9.47 Å².